The van der Waals surface area contributed by atoms with Gasteiger partial charge in [-0.2, -0.15) is 0 Å². The lowest BCUT2D eigenvalue weighted by atomic mass is 10.1. The molecule has 1 saturated carbocycles. The Balaban J connectivity index is 2.30. The maximum Gasteiger partial charge on any atom is 0.271 e. The average molecular weight is 256 g/mol. The zero-order valence-corrected chi connectivity index (χ0v) is 9.60. The van der Waals surface area contributed by atoms with Crippen LogP contribution in [0.15, 0.2) is 6.33 Å². The first-order chi connectivity index (χ1) is 8.47. The number of carbonyl (C=O) groups excluding carboxylic acids is 1. The van der Waals surface area contributed by atoms with Crippen LogP contribution in [0.5, 0.6) is 0 Å². The molecule has 18 heavy (non-hydrogen) atoms. The van der Waals surface area contributed by atoms with Gasteiger partial charge in [0.2, 0.25) is 0 Å². The Morgan fingerprint density at radius 2 is 2.17 bits per heavy atom. The molecule has 8 nitrogen and oxygen atoms in total. The zero-order valence-electron chi connectivity index (χ0n) is 9.60. The number of amides is 1. The molecule has 1 amide bonds. The van der Waals surface area contributed by atoms with Crippen LogP contribution >= 0.6 is 0 Å². The molecule has 0 spiro atoms. The Kier molecular flexibility index (Phi) is 3.24. The molecule has 4 atom stereocenters. The molecular formula is C10H16N4O4. The number of hydrogen-bond donors (Lipinski definition) is 5. The Morgan fingerprint density at radius 3 is 2.61 bits per heavy atom. The number of anilines is 1. The van der Waals surface area contributed by atoms with Gasteiger partial charge in [0.25, 0.3) is 5.91 Å². The second kappa shape index (κ2) is 4.56. The van der Waals surface area contributed by atoms with Crippen molar-refractivity contribution in [3.63, 3.8) is 0 Å². The van der Waals surface area contributed by atoms with Crippen LogP contribution in [0, 0.1) is 5.92 Å². The fraction of sp³-hybridized carbons (Fsp3) is 0.600. The lowest BCUT2D eigenvalue weighted by Crippen LogP contribution is -2.30. The molecule has 2 rings (SSSR count). The second-order valence-electron chi connectivity index (χ2n) is 4.48. The standard InChI is InChI=1S/C10H16N4O4/c11-9-6(10(12)18)13-3-14(9)5-1-4(2-15)7(16)8(5)17/h3-5,7-8,15-17H,1-2,11H2,(H2,12,18)/t4-,5-,7?,8-/m1/s1. The third-order valence-corrected chi connectivity index (χ3v) is 3.43. The van der Waals surface area contributed by atoms with Crippen molar-refractivity contribution in [2.24, 2.45) is 11.7 Å². The molecule has 1 aromatic rings. The van der Waals surface area contributed by atoms with E-state index in [9.17, 15) is 15.0 Å². The van der Waals surface area contributed by atoms with Crippen molar-refractivity contribution in [3.05, 3.63) is 12.0 Å². The maximum atomic E-state index is 11.0. The molecule has 0 aliphatic heterocycles. The highest BCUT2D eigenvalue weighted by molar-refractivity contribution is 5.95. The fourth-order valence-electron chi connectivity index (χ4n) is 2.38. The summed E-state index contributed by atoms with van der Waals surface area (Å²) in [4.78, 5) is 14.8. The Hall–Kier alpha value is -1.64. The fourth-order valence-corrected chi connectivity index (χ4v) is 2.38. The minimum atomic E-state index is -1.07. The summed E-state index contributed by atoms with van der Waals surface area (Å²) in [6.45, 7) is -0.230. The lowest BCUT2D eigenvalue weighted by Gasteiger charge is -2.18. The summed E-state index contributed by atoms with van der Waals surface area (Å²) < 4.78 is 1.41. The summed E-state index contributed by atoms with van der Waals surface area (Å²) in [7, 11) is 0. The SMILES string of the molecule is NC(=O)c1ncn([C@@H]2C[C@H](CO)C(O)[C@@H]2O)c1N. The first kappa shape index (κ1) is 12.8. The highest BCUT2D eigenvalue weighted by atomic mass is 16.3. The first-order valence-electron chi connectivity index (χ1n) is 5.56. The molecule has 1 aliphatic carbocycles. The summed E-state index contributed by atoms with van der Waals surface area (Å²) in [6.07, 6.45) is -0.453. The quantitative estimate of drug-likeness (QED) is 0.416. The van der Waals surface area contributed by atoms with E-state index in [2.05, 4.69) is 4.98 Å². The third kappa shape index (κ3) is 1.84. The number of aliphatic hydroxyl groups is 3. The average Bonchev–Trinajstić information content (AvgIpc) is 2.82. The van der Waals surface area contributed by atoms with Gasteiger partial charge in [-0.25, -0.2) is 4.98 Å². The van der Waals surface area contributed by atoms with Gasteiger partial charge in [0.1, 0.15) is 11.9 Å². The van der Waals surface area contributed by atoms with Crippen LogP contribution in [-0.2, 0) is 0 Å². The summed E-state index contributed by atoms with van der Waals surface area (Å²) >= 11 is 0. The summed E-state index contributed by atoms with van der Waals surface area (Å²) in [5.41, 5.74) is 10.8. The topological polar surface area (TPSA) is 148 Å². The number of hydrogen-bond acceptors (Lipinski definition) is 6. The molecule has 1 unspecified atom stereocenters. The number of nitrogens with two attached hydrogens (primary N) is 2. The molecule has 100 valence electrons. The number of nitrogen functional groups attached to an aromatic ring is 1. The van der Waals surface area contributed by atoms with Crippen LogP contribution in [0.4, 0.5) is 5.82 Å². The van der Waals surface area contributed by atoms with Crippen molar-refractivity contribution in [1.29, 1.82) is 0 Å². The summed E-state index contributed by atoms with van der Waals surface area (Å²) in [6, 6.07) is -0.530. The molecule has 1 aliphatic rings. The number of aromatic nitrogens is 2. The van der Waals surface area contributed by atoms with Gasteiger partial charge in [0.05, 0.1) is 18.5 Å². The van der Waals surface area contributed by atoms with Crippen molar-refractivity contribution in [3.8, 4) is 0 Å². The van der Waals surface area contributed by atoms with Crippen LogP contribution < -0.4 is 11.5 Å². The smallest absolute Gasteiger partial charge is 0.271 e. The van der Waals surface area contributed by atoms with E-state index in [-0.39, 0.29) is 18.1 Å². The van der Waals surface area contributed by atoms with Crippen molar-refractivity contribution in [2.75, 3.05) is 12.3 Å². The molecule has 1 heterocycles. The second-order valence-corrected chi connectivity index (χ2v) is 4.48. The zero-order chi connectivity index (χ0) is 13.4. The van der Waals surface area contributed by atoms with Crippen LogP contribution in [0.2, 0.25) is 0 Å². The van der Waals surface area contributed by atoms with Gasteiger partial charge in [-0.1, -0.05) is 0 Å². The number of nitrogens with zero attached hydrogens (tertiary/aromatic N) is 2. The van der Waals surface area contributed by atoms with Gasteiger partial charge < -0.3 is 31.4 Å². The minimum absolute atomic E-state index is 0.0531. The van der Waals surface area contributed by atoms with Crippen molar-refractivity contribution >= 4 is 11.7 Å². The van der Waals surface area contributed by atoms with E-state index in [0.29, 0.717) is 6.42 Å². The van der Waals surface area contributed by atoms with E-state index < -0.39 is 30.1 Å². The van der Waals surface area contributed by atoms with E-state index in [1.165, 1.54) is 10.9 Å². The number of carbonyl (C=O) groups is 1. The van der Waals surface area contributed by atoms with Gasteiger partial charge in [-0.3, -0.25) is 4.79 Å². The number of primary amides is 1. The number of imidazole rings is 1. The summed E-state index contributed by atoms with van der Waals surface area (Å²) in [5, 5.41) is 28.7. The van der Waals surface area contributed by atoms with E-state index in [1.54, 1.807) is 0 Å². The summed E-state index contributed by atoms with van der Waals surface area (Å²) in [5.74, 6) is -1.13. The van der Waals surface area contributed by atoms with E-state index in [4.69, 9.17) is 16.6 Å². The largest absolute Gasteiger partial charge is 0.396 e. The van der Waals surface area contributed by atoms with Gasteiger partial charge in [0, 0.05) is 12.5 Å². The molecule has 1 aromatic heterocycles. The predicted molar refractivity (Wildman–Crippen MR) is 61.4 cm³/mol. The molecule has 1 fully saturated rings. The normalized spacial score (nSPS) is 31.7. The highest BCUT2D eigenvalue weighted by Crippen LogP contribution is 2.36. The van der Waals surface area contributed by atoms with Crippen LogP contribution in [0.25, 0.3) is 0 Å². The molecule has 0 aromatic carbocycles. The first-order valence-corrected chi connectivity index (χ1v) is 5.56. The Bertz CT molecular complexity index is 461. The van der Waals surface area contributed by atoms with Gasteiger partial charge in [-0.15, -0.1) is 0 Å². The van der Waals surface area contributed by atoms with Gasteiger partial charge in [0.15, 0.2) is 5.69 Å². The highest BCUT2D eigenvalue weighted by Gasteiger charge is 2.42. The van der Waals surface area contributed by atoms with Crippen LogP contribution in [0.1, 0.15) is 23.0 Å². The third-order valence-electron chi connectivity index (χ3n) is 3.43. The van der Waals surface area contributed by atoms with E-state index in [0.717, 1.165) is 0 Å². The maximum absolute atomic E-state index is 11.0. The van der Waals surface area contributed by atoms with Gasteiger partial charge in [-0.05, 0) is 6.42 Å². The predicted octanol–water partition coefficient (Wildman–Crippen LogP) is -2.16. The van der Waals surface area contributed by atoms with E-state index >= 15 is 0 Å². The number of aliphatic hydroxyl groups excluding tert-OH is 3. The number of rotatable bonds is 3. The van der Waals surface area contributed by atoms with Crippen LogP contribution in [-0.4, -0.2) is 49.6 Å². The van der Waals surface area contributed by atoms with Crippen LogP contribution in [0.3, 0.4) is 0 Å². The molecule has 0 radical (unpaired) electrons. The Labute approximate surface area is 103 Å². The molecule has 7 N–H and O–H groups in total. The van der Waals surface area contributed by atoms with Gasteiger partial charge >= 0.3 is 0 Å². The molecular weight excluding hydrogens is 240 g/mol. The van der Waals surface area contributed by atoms with Crippen molar-refractivity contribution < 1.29 is 20.1 Å². The molecule has 0 saturated heterocycles. The van der Waals surface area contributed by atoms with Crippen molar-refractivity contribution in [2.45, 2.75) is 24.7 Å². The molecule has 0 bridgehead atoms. The molecule has 8 heteroatoms. The van der Waals surface area contributed by atoms with Crippen molar-refractivity contribution in [1.82, 2.24) is 9.55 Å². The lowest BCUT2D eigenvalue weighted by molar-refractivity contribution is -0.00385. The monoisotopic (exact) mass is 256 g/mol. The van der Waals surface area contributed by atoms with E-state index in [1.807, 2.05) is 0 Å². The minimum Gasteiger partial charge on any atom is -0.396 e. The Morgan fingerprint density at radius 1 is 1.50 bits per heavy atom.